The van der Waals surface area contributed by atoms with Gasteiger partial charge in [-0.1, -0.05) is 36.4 Å². The number of amides is 2. The molecule has 2 aromatic rings. The average Bonchev–Trinajstić information content (AvgIpc) is 2.68. The Balaban J connectivity index is 1.58. The minimum Gasteiger partial charge on any atom is -0.356 e. The van der Waals surface area contributed by atoms with E-state index >= 15 is 0 Å². The highest BCUT2D eigenvalue weighted by Gasteiger charge is 2.16. The largest absolute Gasteiger partial charge is 0.356 e. The van der Waals surface area contributed by atoms with Crippen LogP contribution in [-0.4, -0.2) is 36.1 Å². The first-order valence-corrected chi connectivity index (χ1v) is 8.96. The van der Waals surface area contributed by atoms with E-state index in [1.807, 2.05) is 49.6 Å². The van der Waals surface area contributed by atoms with E-state index in [9.17, 15) is 4.79 Å². The molecule has 2 amide bonds. The van der Waals surface area contributed by atoms with E-state index in [2.05, 4.69) is 21.3 Å². The Kier molecular flexibility index (Phi) is 5.88. The second-order valence-electron chi connectivity index (χ2n) is 6.53. The van der Waals surface area contributed by atoms with Crippen molar-refractivity contribution in [3.63, 3.8) is 0 Å². The summed E-state index contributed by atoms with van der Waals surface area (Å²) in [6.45, 7) is 3.19. The summed E-state index contributed by atoms with van der Waals surface area (Å²) in [7, 11) is 1.82. The number of hydrogen-bond donors (Lipinski definition) is 1. The summed E-state index contributed by atoms with van der Waals surface area (Å²) in [4.78, 5) is 21.0. The van der Waals surface area contributed by atoms with Crippen molar-refractivity contribution in [1.29, 1.82) is 0 Å². The Morgan fingerprint density at radius 2 is 1.88 bits per heavy atom. The normalized spacial score (nSPS) is 14.2. The van der Waals surface area contributed by atoms with Crippen LogP contribution in [0, 0.1) is 0 Å². The Morgan fingerprint density at radius 1 is 1.12 bits per heavy atom. The minimum atomic E-state index is -0.0719. The number of carbonyl (C=O) groups excluding carboxylic acids is 1. The molecule has 5 heteroatoms. The zero-order valence-corrected chi connectivity index (χ0v) is 14.8. The van der Waals surface area contributed by atoms with E-state index in [0.29, 0.717) is 13.1 Å². The van der Waals surface area contributed by atoms with Crippen LogP contribution in [0.1, 0.15) is 30.4 Å². The topological polar surface area (TPSA) is 48.5 Å². The number of hydrogen-bond acceptors (Lipinski definition) is 3. The van der Waals surface area contributed by atoms with Crippen molar-refractivity contribution in [2.24, 2.45) is 0 Å². The molecule has 1 fully saturated rings. The van der Waals surface area contributed by atoms with Crippen LogP contribution in [0.3, 0.4) is 0 Å². The predicted octanol–water partition coefficient (Wildman–Crippen LogP) is 3.41. The molecule has 1 N–H and O–H groups in total. The molecule has 1 aliphatic heterocycles. The van der Waals surface area contributed by atoms with E-state index < -0.39 is 0 Å². The summed E-state index contributed by atoms with van der Waals surface area (Å²) in [6, 6.07) is 13.9. The van der Waals surface area contributed by atoms with Gasteiger partial charge in [-0.05, 0) is 30.9 Å². The highest BCUT2D eigenvalue weighted by molar-refractivity contribution is 5.74. The van der Waals surface area contributed by atoms with E-state index in [1.54, 1.807) is 4.90 Å². The van der Waals surface area contributed by atoms with Crippen molar-refractivity contribution in [2.75, 3.05) is 25.0 Å². The Hall–Kier alpha value is -2.56. The molecule has 5 nitrogen and oxygen atoms in total. The molecule has 25 heavy (non-hydrogen) atoms. The van der Waals surface area contributed by atoms with Crippen molar-refractivity contribution in [3.8, 4) is 0 Å². The summed E-state index contributed by atoms with van der Waals surface area (Å²) >= 11 is 0. The zero-order chi connectivity index (χ0) is 17.5. The lowest BCUT2D eigenvalue weighted by molar-refractivity contribution is 0.206. The molecule has 1 aliphatic rings. The number of nitrogens with zero attached hydrogens (tertiary/aromatic N) is 3. The third kappa shape index (κ3) is 4.72. The molecule has 0 unspecified atom stereocenters. The van der Waals surface area contributed by atoms with Gasteiger partial charge in [0.1, 0.15) is 5.82 Å². The van der Waals surface area contributed by atoms with E-state index in [0.717, 1.165) is 30.0 Å². The molecular weight excluding hydrogens is 312 g/mol. The molecule has 1 aromatic carbocycles. The van der Waals surface area contributed by atoms with Gasteiger partial charge in [-0.3, -0.25) is 0 Å². The van der Waals surface area contributed by atoms with E-state index in [-0.39, 0.29) is 6.03 Å². The van der Waals surface area contributed by atoms with Gasteiger partial charge in [-0.2, -0.15) is 0 Å². The first kappa shape index (κ1) is 17.3. The van der Waals surface area contributed by atoms with Crippen molar-refractivity contribution in [2.45, 2.75) is 32.4 Å². The van der Waals surface area contributed by atoms with Gasteiger partial charge in [0.15, 0.2) is 0 Å². The molecule has 0 radical (unpaired) electrons. The number of piperidine rings is 1. The SMILES string of the molecule is CN(Cc1ccccc1)C(=O)NCc1cccnc1N1CCCCC1. The lowest BCUT2D eigenvalue weighted by Gasteiger charge is -2.29. The molecule has 0 saturated carbocycles. The summed E-state index contributed by atoms with van der Waals surface area (Å²) in [6.07, 6.45) is 5.54. The molecule has 2 heterocycles. The Labute approximate surface area is 149 Å². The second-order valence-corrected chi connectivity index (χ2v) is 6.53. The van der Waals surface area contributed by atoms with Crippen molar-refractivity contribution < 1.29 is 4.79 Å². The maximum Gasteiger partial charge on any atom is 0.317 e. The van der Waals surface area contributed by atoms with E-state index in [4.69, 9.17) is 0 Å². The molecule has 0 aliphatic carbocycles. The predicted molar refractivity (Wildman–Crippen MR) is 100 cm³/mol. The van der Waals surface area contributed by atoms with Crippen molar-refractivity contribution in [1.82, 2.24) is 15.2 Å². The van der Waals surface area contributed by atoms with Crippen LogP contribution in [0.2, 0.25) is 0 Å². The standard InChI is InChI=1S/C20H26N4O/c1-23(16-17-9-4-2-5-10-17)20(25)22-15-18-11-8-12-21-19(18)24-13-6-3-7-14-24/h2,4-5,8-12H,3,6-7,13-16H2,1H3,(H,22,25). The minimum absolute atomic E-state index is 0.0719. The van der Waals surface area contributed by atoms with Gasteiger partial charge in [0.25, 0.3) is 0 Å². The van der Waals surface area contributed by atoms with Gasteiger partial charge in [0, 0.05) is 45.0 Å². The Bertz CT molecular complexity index is 683. The average molecular weight is 338 g/mol. The summed E-state index contributed by atoms with van der Waals surface area (Å²) in [5, 5.41) is 3.02. The maximum absolute atomic E-state index is 12.4. The monoisotopic (exact) mass is 338 g/mol. The lowest BCUT2D eigenvalue weighted by atomic mass is 10.1. The fourth-order valence-electron chi connectivity index (χ4n) is 3.19. The summed E-state index contributed by atoms with van der Waals surface area (Å²) in [5.74, 6) is 1.01. The number of pyridine rings is 1. The molecule has 3 rings (SSSR count). The van der Waals surface area contributed by atoms with Crippen LogP contribution < -0.4 is 10.2 Å². The van der Waals surface area contributed by atoms with Crippen LogP contribution in [0.25, 0.3) is 0 Å². The second kappa shape index (κ2) is 8.51. The molecule has 1 aromatic heterocycles. The first-order valence-electron chi connectivity index (χ1n) is 8.96. The highest BCUT2D eigenvalue weighted by atomic mass is 16.2. The van der Waals surface area contributed by atoms with Gasteiger partial charge in [-0.25, -0.2) is 9.78 Å². The smallest absolute Gasteiger partial charge is 0.317 e. The van der Waals surface area contributed by atoms with Crippen molar-refractivity contribution >= 4 is 11.8 Å². The molecule has 132 valence electrons. The number of carbonyl (C=O) groups is 1. The van der Waals surface area contributed by atoms with Crippen LogP contribution >= 0.6 is 0 Å². The van der Waals surface area contributed by atoms with Gasteiger partial charge in [0.2, 0.25) is 0 Å². The van der Waals surface area contributed by atoms with Gasteiger partial charge in [-0.15, -0.1) is 0 Å². The lowest BCUT2D eigenvalue weighted by Crippen LogP contribution is -2.37. The first-order chi connectivity index (χ1) is 12.2. The third-order valence-corrected chi connectivity index (χ3v) is 4.56. The maximum atomic E-state index is 12.4. The molecule has 0 atom stereocenters. The van der Waals surface area contributed by atoms with Gasteiger partial charge >= 0.3 is 6.03 Å². The van der Waals surface area contributed by atoms with Crippen molar-refractivity contribution in [3.05, 3.63) is 59.8 Å². The summed E-state index contributed by atoms with van der Waals surface area (Å²) < 4.78 is 0. The van der Waals surface area contributed by atoms with Crippen LogP contribution in [-0.2, 0) is 13.1 Å². The van der Waals surface area contributed by atoms with Gasteiger partial charge < -0.3 is 15.1 Å². The number of urea groups is 1. The third-order valence-electron chi connectivity index (χ3n) is 4.56. The highest BCUT2D eigenvalue weighted by Crippen LogP contribution is 2.21. The quantitative estimate of drug-likeness (QED) is 0.909. The number of benzene rings is 1. The van der Waals surface area contributed by atoms with Crippen LogP contribution in [0.5, 0.6) is 0 Å². The number of rotatable bonds is 5. The molecular formula is C20H26N4O. The molecule has 1 saturated heterocycles. The number of nitrogens with one attached hydrogen (secondary N) is 1. The fourth-order valence-corrected chi connectivity index (χ4v) is 3.19. The molecule has 0 bridgehead atoms. The number of aromatic nitrogens is 1. The van der Waals surface area contributed by atoms with Crippen LogP contribution in [0.15, 0.2) is 48.7 Å². The fraction of sp³-hybridized carbons (Fsp3) is 0.400. The summed E-state index contributed by atoms with van der Waals surface area (Å²) in [5.41, 5.74) is 2.20. The van der Waals surface area contributed by atoms with Crippen LogP contribution in [0.4, 0.5) is 10.6 Å². The zero-order valence-electron chi connectivity index (χ0n) is 14.8. The van der Waals surface area contributed by atoms with E-state index in [1.165, 1.54) is 19.3 Å². The number of anilines is 1. The molecule has 0 spiro atoms. The van der Waals surface area contributed by atoms with Gasteiger partial charge in [0.05, 0.1) is 0 Å². The Morgan fingerprint density at radius 3 is 2.64 bits per heavy atom.